The molecule has 1 amide bonds. The third-order valence-corrected chi connectivity index (χ3v) is 3.66. The lowest BCUT2D eigenvalue weighted by Gasteiger charge is -2.07. The van der Waals surface area contributed by atoms with E-state index in [2.05, 4.69) is 22.8 Å². The maximum Gasteiger partial charge on any atom is 0.238 e. The summed E-state index contributed by atoms with van der Waals surface area (Å²) < 4.78 is 0. The van der Waals surface area contributed by atoms with E-state index < -0.39 is 0 Å². The lowest BCUT2D eigenvalue weighted by atomic mass is 10.1. The van der Waals surface area contributed by atoms with E-state index in [1.54, 1.807) is 18.2 Å². The van der Waals surface area contributed by atoms with E-state index in [0.29, 0.717) is 15.7 Å². The molecule has 0 heterocycles. The zero-order chi connectivity index (χ0) is 15.1. The SMILES string of the molecule is O=C(CNCCc1ccccc1)Nc1ccc(Cl)c(Cl)c1. The van der Waals surface area contributed by atoms with Crippen LogP contribution >= 0.6 is 23.2 Å². The minimum Gasteiger partial charge on any atom is -0.325 e. The Morgan fingerprint density at radius 1 is 1.00 bits per heavy atom. The molecule has 0 aliphatic carbocycles. The standard InChI is InChI=1S/C16H16Cl2N2O/c17-14-7-6-13(10-15(14)18)20-16(21)11-19-9-8-12-4-2-1-3-5-12/h1-7,10,19H,8-9,11H2,(H,20,21). The Hall–Kier alpha value is -1.55. The second kappa shape index (κ2) is 8.03. The first-order chi connectivity index (χ1) is 10.1. The molecule has 0 unspecified atom stereocenters. The van der Waals surface area contributed by atoms with Crippen LogP contribution in [0.15, 0.2) is 48.5 Å². The van der Waals surface area contributed by atoms with Crippen molar-refractivity contribution < 1.29 is 4.79 Å². The fourth-order valence-electron chi connectivity index (χ4n) is 1.86. The highest BCUT2D eigenvalue weighted by Gasteiger charge is 2.04. The van der Waals surface area contributed by atoms with Crippen LogP contribution in [-0.4, -0.2) is 19.0 Å². The number of benzene rings is 2. The quantitative estimate of drug-likeness (QED) is 0.795. The van der Waals surface area contributed by atoms with Gasteiger partial charge in [0.2, 0.25) is 5.91 Å². The van der Waals surface area contributed by atoms with Crippen LogP contribution in [0.25, 0.3) is 0 Å². The molecule has 2 aromatic rings. The summed E-state index contributed by atoms with van der Waals surface area (Å²) in [5.74, 6) is -0.110. The van der Waals surface area contributed by atoms with Crippen molar-refractivity contribution in [1.29, 1.82) is 0 Å². The van der Waals surface area contributed by atoms with E-state index in [0.717, 1.165) is 13.0 Å². The largest absolute Gasteiger partial charge is 0.325 e. The number of hydrogen-bond donors (Lipinski definition) is 2. The number of amides is 1. The molecule has 3 nitrogen and oxygen atoms in total. The topological polar surface area (TPSA) is 41.1 Å². The number of anilines is 1. The third-order valence-electron chi connectivity index (χ3n) is 2.92. The maximum atomic E-state index is 11.8. The number of nitrogens with one attached hydrogen (secondary N) is 2. The predicted molar refractivity (Wildman–Crippen MR) is 88.1 cm³/mol. The fraction of sp³-hybridized carbons (Fsp3) is 0.188. The van der Waals surface area contributed by atoms with Gasteiger partial charge in [-0.15, -0.1) is 0 Å². The first-order valence-electron chi connectivity index (χ1n) is 6.65. The highest BCUT2D eigenvalue weighted by Crippen LogP contribution is 2.24. The Bertz CT molecular complexity index is 602. The molecule has 5 heteroatoms. The van der Waals surface area contributed by atoms with Crippen LogP contribution in [0.1, 0.15) is 5.56 Å². The van der Waals surface area contributed by atoms with Gasteiger partial charge in [-0.3, -0.25) is 4.79 Å². The lowest BCUT2D eigenvalue weighted by molar-refractivity contribution is -0.115. The van der Waals surface area contributed by atoms with Gasteiger partial charge in [-0.2, -0.15) is 0 Å². The van der Waals surface area contributed by atoms with Gasteiger partial charge in [0.1, 0.15) is 0 Å². The minimum absolute atomic E-state index is 0.110. The van der Waals surface area contributed by atoms with Gasteiger partial charge in [-0.05, 0) is 36.7 Å². The van der Waals surface area contributed by atoms with Gasteiger partial charge in [-0.1, -0.05) is 53.5 Å². The molecule has 2 rings (SSSR count). The van der Waals surface area contributed by atoms with Crippen molar-refractivity contribution in [2.24, 2.45) is 0 Å². The molecule has 0 saturated carbocycles. The molecular weight excluding hydrogens is 307 g/mol. The van der Waals surface area contributed by atoms with Crippen LogP contribution in [0.2, 0.25) is 10.0 Å². The van der Waals surface area contributed by atoms with Gasteiger partial charge in [0, 0.05) is 5.69 Å². The van der Waals surface area contributed by atoms with Crippen molar-refractivity contribution in [3.8, 4) is 0 Å². The van der Waals surface area contributed by atoms with Crippen LogP contribution in [-0.2, 0) is 11.2 Å². The molecule has 2 N–H and O–H groups in total. The van der Waals surface area contributed by atoms with Gasteiger partial charge < -0.3 is 10.6 Å². The number of rotatable bonds is 6. The molecule has 0 fully saturated rings. The van der Waals surface area contributed by atoms with E-state index >= 15 is 0 Å². The molecule has 0 spiro atoms. The molecule has 21 heavy (non-hydrogen) atoms. The number of halogens is 2. The summed E-state index contributed by atoms with van der Waals surface area (Å²) >= 11 is 11.7. The van der Waals surface area contributed by atoms with Crippen LogP contribution < -0.4 is 10.6 Å². The molecule has 0 bridgehead atoms. The van der Waals surface area contributed by atoms with E-state index in [1.165, 1.54) is 5.56 Å². The Kier molecular flexibility index (Phi) is 6.05. The summed E-state index contributed by atoms with van der Waals surface area (Å²) in [5, 5.41) is 6.76. The Morgan fingerprint density at radius 2 is 1.76 bits per heavy atom. The highest BCUT2D eigenvalue weighted by atomic mass is 35.5. The van der Waals surface area contributed by atoms with Crippen molar-refractivity contribution in [2.45, 2.75) is 6.42 Å². The van der Waals surface area contributed by atoms with Crippen molar-refractivity contribution in [3.63, 3.8) is 0 Å². The first kappa shape index (κ1) is 15.8. The van der Waals surface area contributed by atoms with Gasteiger partial charge in [0.25, 0.3) is 0 Å². The Labute approximate surface area is 134 Å². The fourth-order valence-corrected chi connectivity index (χ4v) is 2.16. The number of carbonyl (C=O) groups is 1. The molecule has 0 saturated heterocycles. The lowest BCUT2D eigenvalue weighted by Crippen LogP contribution is -2.29. The van der Waals surface area contributed by atoms with Crippen molar-refractivity contribution in [3.05, 3.63) is 64.1 Å². The summed E-state index contributed by atoms with van der Waals surface area (Å²) in [5.41, 5.74) is 1.88. The van der Waals surface area contributed by atoms with Gasteiger partial charge >= 0.3 is 0 Å². The molecular formula is C16H16Cl2N2O. The highest BCUT2D eigenvalue weighted by molar-refractivity contribution is 6.42. The second-order valence-corrected chi connectivity index (χ2v) is 5.40. The van der Waals surface area contributed by atoms with E-state index in [1.807, 2.05) is 18.2 Å². The molecule has 0 aromatic heterocycles. The average molecular weight is 323 g/mol. The predicted octanol–water partition coefficient (Wildman–Crippen LogP) is 3.76. The zero-order valence-electron chi connectivity index (χ0n) is 11.4. The van der Waals surface area contributed by atoms with Crippen molar-refractivity contribution >= 4 is 34.8 Å². The monoisotopic (exact) mass is 322 g/mol. The molecule has 2 aromatic carbocycles. The molecule has 0 radical (unpaired) electrons. The van der Waals surface area contributed by atoms with Crippen molar-refractivity contribution in [1.82, 2.24) is 5.32 Å². The summed E-state index contributed by atoms with van der Waals surface area (Å²) in [4.78, 5) is 11.8. The van der Waals surface area contributed by atoms with Crippen LogP contribution in [0, 0.1) is 0 Å². The maximum absolute atomic E-state index is 11.8. The Balaban J connectivity index is 1.71. The zero-order valence-corrected chi connectivity index (χ0v) is 12.9. The second-order valence-electron chi connectivity index (χ2n) is 4.59. The average Bonchev–Trinajstić information content (AvgIpc) is 2.49. The van der Waals surface area contributed by atoms with Gasteiger partial charge in [0.05, 0.1) is 16.6 Å². The number of hydrogen-bond acceptors (Lipinski definition) is 2. The number of carbonyl (C=O) groups excluding carboxylic acids is 1. The van der Waals surface area contributed by atoms with Gasteiger partial charge in [-0.25, -0.2) is 0 Å². The summed E-state index contributed by atoms with van der Waals surface area (Å²) in [6.07, 6.45) is 0.890. The van der Waals surface area contributed by atoms with E-state index in [-0.39, 0.29) is 12.5 Å². The molecule has 0 atom stereocenters. The van der Waals surface area contributed by atoms with Crippen LogP contribution in [0.3, 0.4) is 0 Å². The van der Waals surface area contributed by atoms with E-state index in [4.69, 9.17) is 23.2 Å². The Morgan fingerprint density at radius 3 is 2.48 bits per heavy atom. The summed E-state index contributed by atoms with van der Waals surface area (Å²) in [7, 11) is 0. The summed E-state index contributed by atoms with van der Waals surface area (Å²) in [6.45, 7) is 1.01. The minimum atomic E-state index is -0.110. The molecule has 110 valence electrons. The van der Waals surface area contributed by atoms with Crippen LogP contribution in [0.5, 0.6) is 0 Å². The third kappa shape index (κ3) is 5.38. The van der Waals surface area contributed by atoms with Crippen LogP contribution in [0.4, 0.5) is 5.69 Å². The smallest absolute Gasteiger partial charge is 0.238 e. The molecule has 0 aliphatic rings. The van der Waals surface area contributed by atoms with E-state index in [9.17, 15) is 4.79 Å². The summed E-state index contributed by atoms with van der Waals surface area (Å²) in [6, 6.07) is 15.1. The molecule has 0 aliphatic heterocycles. The van der Waals surface area contributed by atoms with Crippen molar-refractivity contribution in [2.75, 3.05) is 18.4 Å². The normalized spacial score (nSPS) is 10.4. The first-order valence-corrected chi connectivity index (χ1v) is 7.40. The van der Waals surface area contributed by atoms with Gasteiger partial charge in [0.15, 0.2) is 0 Å².